The van der Waals surface area contributed by atoms with Gasteiger partial charge in [-0.05, 0) is 31.2 Å². The lowest BCUT2D eigenvalue weighted by Gasteiger charge is -2.21. The van der Waals surface area contributed by atoms with Gasteiger partial charge in [-0.25, -0.2) is 4.39 Å². The number of halogens is 2. The molecule has 1 rings (SSSR count). The van der Waals surface area contributed by atoms with Crippen LogP contribution in [0.1, 0.15) is 6.92 Å². The number of carbonyl (C=O) groups is 1. The summed E-state index contributed by atoms with van der Waals surface area (Å²) in [5.41, 5.74) is 0.793. The Morgan fingerprint density at radius 1 is 1.47 bits per heavy atom. The molecule has 0 aliphatic rings. The molecule has 1 aromatic carbocycles. The van der Waals surface area contributed by atoms with Crippen LogP contribution in [-0.4, -0.2) is 31.5 Å². The summed E-state index contributed by atoms with van der Waals surface area (Å²) >= 11 is 5.90. The number of carbonyl (C=O) groups excluding carboxylic acids is 1. The van der Waals surface area contributed by atoms with Crippen molar-refractivity contribution in [3.63, 3.8) is 0 Å². The van der Waals surface area contributed by atoms with Crippen LogP contribution in [0.5, 0.6) is 0 Å². The normalized spacial score (nSPS) is 12.0. The fourth-order valence-electron chi connectivity index (χ4n) is 1.35. The smallest absolute Gasteiger partial charge is 0.325 e. The molecule has 1 atom stereocenters. The molecule has 0 heterocycles. The Hall–Kier alpha value is -1.29. The standard InChI is InChI=1S/C12H15ClFNO2/c1-3-17-12(16)11(13)8-15(2)10-6-4-9(14)5-7-10/h4-7,11H,3,8H2,1-2H3. The molecule has 94 valence electrons. The molecule has 0 N–H and O–H groups in total. The summed E-state index contributed by atoms with van der Waals surface area (Å²) in [6, 6.07) is 5.98. The van der Waals surface area contributed by atoms with E-state index < -0.39 is 11.3 Å². The molecule has 0 fully saturated rings. The van der Waals surface area contributed by atoms with Crippen LogP contribution in [0.25, 0.3) is 0 Å². The van der Waals surface area contributed by atoms with Gasteiger partial charge in [0, 0.05) is 19.3 Å². The summed E-state index contributed by atoms with van der Waals surface area (Å²) in [6.45, 7) is 2.35. The molecule has 0 bridgehead atoms. The first kappa shape index (κ1) is 13.8. The Morgan fingerprint density at radius 3 is 2.59 bits per heavy atom. The fraction of sp³-hybridized carbons (Fsp3) is 0.417. The van der Waals surface area contributed by atoms with E-state index in [0.717, 1.165) is 5.69 Å². The zero-order chi connectivity index (χ0) is 12.8. The van der Waals surface area contributed by atoms with Gasteiger partial charge >= 0.3 is 5.97 Å². The van der Waals surface area contributed by atoms with Gasteiger partial charge in [-0.2, -0.15) is 0 Å². The zero-order valence-corrected chi connectivity index (χ0v) is 10.6. The van der Waals surface area contributed by atoms with Crippen LogP contribution < -0.4 is 4.90 Å². The summed E-state index contributed by atoms with van der Waals surface area (Å²) < 4.78 is 17.5. The van der Waals surface area contributed by atoms with Crippen molar-refractivity contribution in [2.24, 2.45) is 0 Å². The van der Waals surface area contributed by atoms with Crippen molar-refractivity contribution in [2.75, 3.05) is 25.1 Å². The highest BCUT2D eigenvalue weighted by atomic mass is 35.5. The quantitative estimate of drug-likeness (QED) is 0.601. The highest BCUT2D eigenvalue weighted by molar-refractivity contribution is 6.30. The van der Waals surface area contributed by atoms with Crippen molar-refractivity contribution < 1.29 is 13.9 Å². The molecule has 5 heteroatoms. The lowest BCUT2D eigenvalue weighted by Crippen LogP contribution is -2.32. The Bertz CT molecular complexity index is 369. The molecule has 1 unspecified atom stereocenters. The molecule has 0 aliphatic heterocycles. The molecule has 0 saturated carbocycles. The Kier molecular flexibility index (Phi) is 5.22. The molecule has 3 nitrogen and oxygen atoms in total. The van der Waals surface area contributed by atoms with Gasteiger partial charge in [0.15, 0.2) is 0 Å². The molecular weight excluding hydrogens is 245 g/mol. The van der Waals surface area contributed by atoms with Gasteiger partial charge in [0.1, 0.15) is 11.2 Å². The van der Waals surface area contributed by atoms with Crippen LogP contribution in [0.4, 0.5) is 10.1 Å². The van der Waals surface area contributed by atoms with Crippen molar-refractivity contribution in [3.8, 4) is 0 Å². The summed E-state index contributed by atoms with van der Waals surface area (Å²) in [7, 11) is 1.78. The third-order valence-electron chi connectivity index (χ3n) is 2.24. The minimum Gasteiger partial charge on any atom is -0.465 e. The van der Waals surface area contributed by atoms with Gasteiger partial charge in [-0.3, -0.25) is 4.79 Å². The summed E-state index contributed by atoms with van der Waals surface area (Å²) in [6.07, 6.45) is 0. The maximum atomic E-state index is 12.7. The number of hydrogen-bond acceptors (Lipinski definition) is 3. The van der Waals surface area contributed by atoms with E-state index in [0.29, 0.717) is 13.2 Å². The summed E-state index contributed by atoms with van der Waals surface area (Å²) in [5.74, 6) is -0.738. The number of alkyl halides is 1. The lowest BCUT2D eigenvalue weighted by atomic mass is 10.2. The number of hydrogen-bond donors (Lipinski definition) is 0. The lowest BCUT2D eigenvalue weighted by molar-refractivity contribution is -0.142. The first-order chi connectivity index (χ1) is 8.04. The minimum atomic E-state index is -0.731. The molecule has 17 heavy (non-hydrogen) atoms. The first-order valence-electron chi connectivity index (χ1n) is 5.32. The van der Waals surface area contributed by atoms with E-state index in [1.807, 2.05) is 0 Å². The summed E-state index contributed by atoms with van der Waals surface area (Å²) in [5, 5.41) is -0.731. The maximum Gasteiger partial charge on any atom is 0.325 e. The van der Waals surface area contributed by atoms with E-state index in [1.54, 1.807) is 31.0 Å². The van der Waals surface area contributed by atoms with Crippen LogP contribution >= 0.6 is 11.6 Å². The van der Waals surface area contributed by atoms with Crippen LogP contribution in [-0.2, 0) is 9.53 Å². The second-order valence-corrected chi connectivity index (χ2v) is 4.10. The van der Waals surface area contributed by atoms with Crippen LogP contribution in [0.2, 0.25) is 0 Å². The van der Waals surface area contributed by atoms with Crippen molar-refractivity contribution >= 4 is 23.3 Å². The molecule has 0 radical (unpaired) electrons. The number of esters is 1. The molecule has 0 saturated heterocycles. The number of anilines is 1. The largest absolute Gasteiger partial charge is 0.465 e. The molecule has 0 spiro atoms. The predicted molar refractivity (Wildman–Crippen MR) is 65.9 cm³/mol. The van der Waals surface area contributed by atoms with E-state index in [9.17, 15) is 9.18 Å². The molecule has 0 amide bonds. The average Bonchev–Trinajstić information content (AvgIpc) is 2.30. The van der Waals surface area contributed by atoms with E-state index >= 15 is 0 Å². The van der Waals surface area contributed by atoms with E-state index in [2.05, 4.69) is 0 Å². The average molecular weight is 260 g/mol. The number of benzene rings is 1. The van der Waals surface area contributed by atoms with Gasteiger partial charge in [0.25, 0.3) is 0 Å². The monoisotopic (exact) mass is 259 g/mol. The zero-order valence-electron chi connectivity index (χ0n) is 9.82. The maximum absolute atomic E-state index is 12.7. The van der Waals surface area contributed by atoms with Crippen molar-refractivity contribution in [1.29, 1.82) is 0 Å². The topological polar surface area (TPSA) is 29.5 Å². The number of ether oxygens (including phenoxy) is 1. The Morgan fingerprint density at radius 2 is 2.06 bits per heavy atom. The molecule has 0 aliphatic carbocycles. The van der Waals surface area contributed by atoms with Gasteiger partial charge in [-0.15, -0.1) is 11.6 Å². The molecule has 0 aromatic heterocycles. The second kappa shape index (κ2) is 6.45. The van der Waals surface area contributed by atoms with Gasteiger partial charge in [0.05, 0.1) is 6.61 Å². The van der Waals surface area contributed by atoms with Crippen LogP contribution in [0.3, 0.4) is 0 Å². The van der Waals surface area contributed by atoms with Gasteiger partial charge in [0.2, 0.25) is 0 Å². The van der Waals surface area contributed by atoms with E-state index in [4.69, 9.17) is 16.3 Å². The third-order valence-corrected chi connectivity index (χ3v) is 2.56. The fourth-order valence-corrected chi connectivity index (χ4v) is 1.62. The highest BCUT2D eigenvalue weighted by Crippen LogP contribution is 2.14. The SMILES string of the molecule is CCOC(=O)C(Cl)CN(C)c1ccc(F)cc1. The first-order valence-corrected chi connectivity index (χ1v) is 5.75. The number of rotatable bonds is 5. The van der Waals surface area contributed by atoms with Crippen LogP contribution in [0.15, 0.2) is 24.3 Å². The van der Waals surface area contributed by atoms with E-state index in [1.165, 1.54) is 12.1 Å². The van der Waals surface area contributed by atoms with E-state index in [-0.39, 0.29) is 5.82 Å². The Balaban J connectivity index is 2.56. The number of nitrogens with zero attached hydrogens (tertiary/aromatic N) is 1. The highest BCUT2D eigenvalue weighted by Gasteiger charge is 2.18. The van der Waals surface area contributed by atoms with Crippen molar-refractivity contribution in [2.45, 2.75) is 12.3 Å². The summed E-state index contributed by atoms with van der Waals surface area (Å²) in [4.78, 5) is 13.1. The van der Waals surface area contributed by atoms with Gasteiger partial charge < -0.3 is 9.64 Å². The third kappa shape index (κ3) is 4.23. The predicted octanol–water partition coefficient (Wildman–Crippen LogP) is 2.43. The molecular formula is C12H15ClFNO2. The van der Waals surface area contributed by atoms with Crippen molar-refractivity contribution in [3.05, 3.63) is 30.1 Å². The molecule has 1 aromatic rings. The van der Waals surface area contributed by atoms with Gasteiger partial charge in [-0.1, -0.05) is 0 Å². The van der Waals surface area contributed by atoms with Crippen molar-refractivity contribution in [1.82, 2.24) is 0 Å². The second-order valence-electron chi connectivity index (χ2n) is 3.58. The van der Waals surface area contributed by atoms with Crippen LogP contribution in [0, 0.1) is 5.82 Å². The Labute approximate surface area is 105 Å². The minimum absolute atomic E-state index is 0.296.